The van der Waals surface area contributed by atoms with Crippen LogP contribution in [0.2, 0.25) is 0 Å². The Morgan fingerprint density at radius 3 is 2.53 bits per heavy atom. The molecule has 19 heavy (non-hydrogen) atoms. The number of ether oxygens (including phenoxy) is 1. The third-order valence-electron chi connectivity index (χ3n) is 4.67. The maximum Gasteiger partial charge on any atom is 0.323 e. The molecule has 1 fully saturated rings. The van der Waals surface area contributed by atoms with Crippen LogP contribution in [0, 0.1) is 17.3 Å². The lowest BCUT2D eigenvalue weighted by molar-refractivity contribution is -0.155. The molecule has 0 heterocycles. The molecule has 112 valence electrons. The van der Waals surface area contributed by atoms with Crippen molar-refractivity contribution < 1.29 is 9.53 Å². The SMILES string of the molecule is CC(C)C[C@H](N)C(=O)OC1CCCC(C)(C(C)C)C1. The van der Waals surface area contributed by atoms with E-state index in [9.17, 15) is 4.79 Å². The summed E-state index contributed by atoms with van der Waals surface area (Å²) in [5.41, 5.74) is 6.19. The summed E-state index contributed by atoms with van der Waals surface area (Å²) in [5, 5.41) is 0. The van der Waals surface area contributed by atoms with Gasteiger partial charge in [0.1, 0.15) is 12.1 Å². The molecule has 1 aliphatic carbocycles. The topological polar surface area (TPSA) is 52.3 Å². The van der Waals surface area contributed by atoms with Crippen molar-refractivity contribution in [3.63, 3.8) is 0 Å². The largest absolute Gasteiger partial charge is 0.461 e. The maximum atomic E-state index is 12.0. The number of carbonyl (C=O) groups is 1. The summed E-state index contributed by atoms with van der Waals surface area (Å²) in [6, 6.07) is -0.466. The van der Waals surface area contributed by atoms with Gasteiger partial charge in [-0.15, -0.1) is 0 Å². The summed E-state index contributed by atoms with van der Waals surface area (Å²) < 4.78 is 5.64. The van der Waals surface area contributed by atoms with Gasteiger partial charge >= 0.3 is 5.97 Å². The molecule has 0 aliphatic heterocycles. The van der Waals surface area contributed by atoms with E-state index in [1.165, 1.54) is 6.42 Å². The highest BCUT2D eigenvalue weighted by molar-refractivity contribution is 5.75. The molecule has 0 spiro atoms. The van der Waals surface area contributed by atoms with Crippen molar-refractivity contribution in [1.82, 2.24) is 0 Å². The lowest BCUT2D eigenvalue weighted by Gasteiger charge is -2.41. The molecular formula is C16H31NO2. The van der Waals surface area contributed by atoms with Gasteiger partial charge in [-0.1, -0.05) is 34.6 Å². The second-order valence-electron chi connectivity index (χ2n) is 7.20. The molecule has 2 unspecified atom stereocenters. The van der Waals surface area contributed by atoms with E-state index in [2.05, 4.69) is 34.6 Å². The van der Waals surface area contributed by atoms with Crippen LogP contribution in [0.5, 0.6) is 0 Å². The number of esters is 1. The van der Waals surface area contributed by atoms with Gasteiger partial charge < -0.3 is 10.5 Å². The number of carbonyl (C=O) groups excluding carboxylic acids is 1. The fraction of sp³-hybridized carbons (Fsp3) is 0.938. The molecule has 0 aromatic heterocycles. The second-order valence-corrected chi connectivity index (χ2v) is 7.20. The molecule has 1 aliphatic rings. The van der Waals surface area contributed by atoms with Crippen LogP contribution in [0.25, 0.3) is 0 Å². The predicted molar refractivity (Wildman–Crippen MR) is 78.7 cm³/mol. The lowest BCUT2D eigenvalue weighted by atomic mass is 9.67. The Hall–Kier alpha value is -0.570. The van der Waals surface area contributed by atoms with E-state index in [1.54, 1.807) is 0 Å². The Bertz CT molecular complexity index is 301. The van der Waals surface area contributed by atoms with Gasteiger partial charge in [0.25, 0.3) is 0 Å². The second kappa shape index (κ2) is 6.74. The van der Waals surface area contributed by atoms with Crippen molar-refractivity contribution in [2.75, 3.05) is 0 Å². The first kappa shape index (κ1) is 16.5. The van der Waals surface area contributed by atoms with Crippen LogP contribution >= 0.6 is 0 Å². The number of hydrogen-bond acceptors (Lipinski definition) is 3. The minimum absolute atomic E-state index is 0.0619. The third kappa shape index (κ3) is 4.79. The molecule has 3 atom stereocenters. The lowest BCUT2D eigenvalue weighted by Crippen LogP contribution is -2.40. The highest BCUT2D eigenvalue weighted by atomic mass is 16.5. The van der Waals surface area contributed by atoms with Gasteiger partial charge in [-0.05, 0) is 49.4 Å². The number of nitrogens with two attached hydrogens (primary N) is 1. The van der Waals surface area contributed by atoms with E-state index < -0.39 is 6.04 Å². The van der Waals surface area contributed by atoms with Crippen LogP contribution in [0.15, 0.2) is 0 Å². The Labute approximate surface area is 118 Å². The van der Waals surface area contributed by atoms with Gasteiger partial charge in [-0.2, -0.15) is 0 Å². The Kier molecular flexibility index (Phi) is 5.84. The molecule has 0 amide bonds. The van der Waals surface area contributed by atoms with Crippen LogP contribution in [0.3, 0.4) is 0 Å². The standard InChI is InChI=1S/C16H31NO2/c1-11(2)9-14(17)15(18)19-13-7-6-8-16(5,10-13)12(3)4/h11-14H,6-10,17H2,1-5H3/t13?,14-,16?/m0/s1. The molecule has 0 bridgehead atoms. The summed E-state index contributed by atoms with van der Waals surface area (Å²) >= 11 is 0. The van der Waals surface area contributed by atoms with Gasteiger partial charge in [0.05, 0.1) is 0 Å². The fourth-order valence-electron chi connectivity index (χ4n) is 2.94. The van der Waals surface area contributed by atoms with Crippen LogP contribution in [0.1, 0.15) is 66.7 Å². The van der Waals surface area contributed by atoms with Crippen LogP contribution < -0.4 is 5.73 Å². The van der Waals surface area contributed by atoms with Crippen LogP contribution in [-0.2, 0) is 9.53 Å². The summed E-state index contributed by atoms with van der Waals surface area (Å²) in [6.07, 6.45) is 5.11. The van der Waals surface area contributed by atoms with Crippen molar-refractivity contribution in [1.29, 1.82) is 0 Å². The zero-order chi connectivity index (χ0) is 14.6. The zero-order valence-corrected chi connectivity index (χ0v) is 13.2. The van der Waals surface area contributed by atoms with Gasteiger partial charge in [0.15, 0.2) is 0 Å². The van der Waals surface area contributed by atoms with Crippen LogP contribution in [-0.4, -0.2) is 18.1 Å². The Morgan fingerprint density at radius 1 is 1.37 bits per heavy atom. The summed E-state index contributed by atoms with van der Waals surface area (Å²) in [4.78, 5) is 12.0. The molecular weight excluding hydrogens is 238 g/mol. The van der Waals surface area contributed by atoms with Crippen molar-refractivity contribution >= 4 is 5.97 Å². The molecule has 0 aromatic rings. The van der Waals surface area contributed by atoms with E-state index in [1.807, 2.05) is 0 Å². The predicted octanol–water partition coefficient (Wildman–Crippen LogP) is 3.51. The van der Waals surface area contributed by atoms with Gasteiger partial charge in [0.2, 0.25) is 0 Å². The first-order chi connectivity index (χ1) is 8.74. The van der Waals surface area contributed by atoms with E-state index in [0.29, 0.717) is 23.7 Å². The van der Waals surface area contributed by atoms with Gasteiger partial charge in [-0.3, -0.25) is 4.79 Å². The molecule has 0 aromatic carbocycles. The van der Waals surface area contributed by atoms with Crippen molar-refractivity contribution in [2.24, 2.45) is 23.0 Å². The zero-order valence-electron chi connectivity index (χ0n) is 13.2. The van der Waals surface area contributed by atoms with Crippen molar-refractivity contribution in [3.8, 4) is 0 Å². The molecule has 2 N–H and O–H groups in total. The van der Waals surface area contributed by atoms with E-state index in [0.717, 1.165) is 19.3 Å². The smallest absolute Gasteiger partial charge is 0.323 e. The van der Waals surface area contributed by atoms with E-state index in [-0.39, 0.29) is 12.1 Å². The maximum absolute atomic E-state index is 12.0. The summed E-state index contributed by atoms with van der Waals surface area (Å²) in [5.74, 6) is 0.833. The van der Waals surface area contributed by atoms with E-state index in [4.69, 9.17) is 10.5 Å². The highest BCUT2D eigenvalue weighted by Crippen LogP contribution is 2.42. The minimum atomic E-state index is -0.466. The van der Waals surface area contributed by atoms with Gasteiger partial charge in [-0.25, -0.2) is 0 Å². The Balaban J connectivity index is 2.51. The van der Waals surface area contributed by atoms with E-state index >= 15 is 0 Å². The first-order valence-electron chi connectivity index (χ1n) is 7.70. The first-order valence-corrected chi connectivity index (χ1v) is 7.70. The quantitative estimate of drug-likeness (QED) is 0.777. The molecule has 1 rings (SSSR count). The number of rotatable bonds is 5. The summed E-state index contributed by atoms with van der Waals surface area (Å²) in [7, 11) is 0. The Morgan fingerprint density at radius 2 is 2.00 bits per heavy atom. The molecule has 0 radical (unpaired) electrons. The highest BCUT2D eigenvalue weighted by Gasteiger charge is 2.36. The monoisotopic (exact) mass is 269 g/mol. The third-order valence-corrected chi connectivity index (χ3v) is 4.67. The molecule has 1 saturated carbocycles. The number of hydrogen-bond donors (Lipinski definition) is 1. The minimum Gasteiger partial charge on any atom is -0.461 e. The van der Waals surface area contributed by atoms with Crippen molar-refractivity contribution in [3.05, 3.63) is 0 Å². The van der Waals surface area contributed by atoms with Crippen molar-refractivity contribution in [2.45, 2.75) is 78.9 Å². The summed E-state index contributed by atoms with van der Waals surface area (Å²) in [6.45, 7) is 11.0. The fourth-order valence-corrected chi connectivity index (χ4v) is 2.94. The average Bonchev–Trinajstić information content (AvgIpc) is 2.27. The average molecular weight is 269 g/mol. The van der Waals surface area contributed by atoms with Crippen LogP contribution in [0.4, 0.5) is 0 Å². The molecule has 3 heteroatoms. The normalized spacial score (nSPS) is 29.6. The van der Waals surface area contributed by atoms with Gasteiger partial charge in [0, 0.05) is 0 Å². The molecule has 0 saturated heterocycles. The molecule has 3 nitrogen and oxygen atoms in total.